The van der Waals surface area contributed by atoms with Crippen LogP contribution in [0.1, 0.15) is 33.6 Å². The third kappa shape index (κ3) is 7.00. The second kappa shape index (κ2) is 11.2. The number of benzene rings is 3. The number of alkyl halides is 3. The molecule has 0 saturated heterocycles. The predicted molar refractivity (Wildman–Crippen MR) is 130 cm³/mol. The lowest BCUT2D eigenvalue weighted by Gasteiger charge is -2.23. The number of para-hydroxylation sites is 1. The van der Waals surface area contributed by atoms with Crippen molar-refractivity contribution in [3.8, 4) is 0 Å². The smallest absolute Gasteiger partial charge is 0.355 e. The van der Waals surface area contributed by atoms with Gasteiger partial charge in [0.05, 0.1) is 32.5 Å². The fourth-order valence-electron chi connectivity index (χ4n) is 3.44. The van der Waals surface area contributed by atoms with Gasteiger partial charge >= 0.3 is 13.8 Å². The number of nitrogens with zero attached hydrogens (tertiary/aromatic N) is 1. The highest BCUT2D eigenvalue weighted by Gasteiger charge is 2.32. The van der Waals surface area contributed by atoms with Gasteiger partial charge in [-0.05, 0) is 54.4 Å². The molecule has 0 aliphatic rings. The minimum atomic E-state index is -4.72. The maximum atomic E-state index is 13.0. The molecule has 192 valence electrons. The summed E-state index contributed by atoms with van der Waals surface area (Å²) in [6, 6.07) is 14.3. The molecule has 0 fully saturated rings. The Balaban J connectivity index is 1.79. The molecule has 0 aliphatic carbocycles. The van der Waals surface area contributed by atoms with E-state index in [-0.39, 0.29) is 44.0 Å². The number of carbonyl (C=O) groups excluding carboxylic acids is 1. The zero-order valence-electron chi connectivity index (χ0n) is 18.3. The minimum absolute atomic E-state index is 0.0655. The van der Waals surface area contributed by atoms with E-state index in [0.717, 1.165) is 12.1 Å². The number of amides is 1. The standard InChI is InChI=1S/C23H20Cl2F3N2O5P/c24-18-9-8-14(12-19(18)25)21(36(33,34)35)10-11-30(32)22(31)17-6-1-2-7-20(17)29-16-5-3-4-15(13-16)23(26,27)28/h1-9,12-13,21,29,32H,10-11H2,(H2,33,34,35). The Hall–Kier alpha value is -2.59. The first-order valence-electron chi connectivity index (χ1n) is 10.3. The fraction of sp³-hybridized carbons (Fsp3) is 0.174. The predicted octanol–water partition coefficient (Wildman–Crippen LogP) is 6.90. The van der Waals surface area contributed by atoms with Crippen LogP contribution in [0.5, 0.6) is 0 Å². The fourth-order valence-corrected chi connectivity index (χ4v) is 4.75. The van der Waals surface area contributed by atoms with Crippen molar-refractivity contribution >= 4 is 48.1 Å². The summed E-state index contributed by atoms with van der Waals surface area (Å²) in [6.07, 6.45) is -4.88. The van der Waals surface area contributed by atoms with Crippen LogP contribution in [0.2, 0.25) is 10.0 Å². The van der Waals surface area contributed by atoms with Crippen LogP contribution in [0.15, 0.2) is 66.7 Å². The van der Waals surface area contributed by atoms with Crippen LogP contribution >= 0.6 is 30.8 Å². The largest absolute Gasteiger partial charge is 0.416 e. The Labute approximate surface area is 214 Å². The van der Waals surface area contributed by atoms with Crippen molar-refractivity contribution in [1.82, 2.24) is 5.06 Å². The summed E-state index contributed by atoms with van der Waals surface area (Å²) in [5.74, 6) is -0.927. The second-order valence-electron chi connectivity index (χ2n) is 7.74. The molecule has 1 amide bonds. The van der Waals surface area contributed by atoms with Gasteiger partial charge in [0, 0.05) is 12.2 Å². The zero-order valence-corrected chi connectivity index (χ0v) is 20.7. The second-order valence-corrected chi connectivity index (χ2v) is 10.4. The van der Waals surface area contributed by atoms with Crippen LogP contribution in [-0.2, 0) is 10.7 Å². The van der Waals surface area contributed by atoms with Gasteiger partial charge in [-0.1, -0.05) is 47.5 Å². The van der Waals surface area contributed by atoms with Gasteiger partial charge in [-0.15, -0.1) is 0 Å². The number of carbonyl (C=O) groups is 1. The van der Waals surface area contributed by atoms with Gasteiger partial charge in [0.15, 0.2) is 0 Å². The highest BCUT2D eigenvalue weighted by atomic mass is 35.5. The lowest BCUT2D eigenvalue weighted by molar-refractivity contribution is -0.137. The molecule has 3 aromatic carbocycles. The van der Waals surface area contributed by atoms with Crippen LogP contribution in [0.4, 0.5) is 24.5 Å². The molecule has 36 heavy (non-hydrogen) atoms. The molecule has 1 unspecified atom stereocenters. The molecule has 0 saturated carbocycles. The summed E-state index contributed by atoms with van der Waals surface area (Å²) in [5, 5.41) is 13.7. The Bertz CT molecular complexity index is 1300. The van der Waals surface area contributed by atoms with E-state index in [9.17, 15) is 37.5 Å². The van der Waals surface area contributed by atoms with Crippen molar-refractivity contribution in [2.75, 3.05) is 11.9 Å². The maximum absolute atomic E-state index is 13.0. The Morgan fingerprint density at radius 2 is 1.69 bits per heavy atom. The van der Waals surface area contributed by atoms with Gasteiger partial charge in [0.25, 0.3) is 5.91 Å². The van der Waals surface area contributed by atoms with E-state index in [0.29, 0.717) is 0 Å². The van der Waals surface area contributed by atoms with E-state index in [4.69, 9.17) is 23.2 Å². The van der Waals surface area contributed by atoms with Crippen molar-refractivity contribution in [3.63, 3.8) is 0 Å². The third-order valence-electron chi connectivity index (χ3n) is 5.21. The SMILES string of the molecule is O=C(c1ccccc1Nc1cccc(C(F)(F)F)c1)N(O)CCC(c1ccc(Cl)c(Cl)c1)P(=O)(O)O. The van der Waals surface area contributed by atoms with Gasteiger partial charge in [0.1, 0.15) is 0 Å². The molecule has 0 bridgehead atoms. The maximum Gasteiger partial charge on any atom is 0.416 e. The average Bonchev–Trinajstić information content (AvgIpc) is 2.80. The zero-order chi connectivity index (χ0) is 26.7. The van der Waals surface area contributed by atoms with E-state index >= 15 is 0 Å². The summed E-state index contributed by atoms with van der Waals surface area (Å²) in [6.45, 7) is -0.466. The van der Waals surface area contributed by atoms with Gasteiger partial charge in [-0.2, -0.15) is 13.2 Å². The first kappa shape index (κ1) is 28.0. The molecule has 1 atom stereocenters. The van der Waals surface area contributed by atoms with Crippen molar-refractivity contribution in [3.05, 3.63) is 93.5 Å². The molecule has 0 radical (unpaired) electrons. The average molecular weight is 563 g/mol. The summed E-state index contributed by atoms with van der Waals surface area (Å²) >= 11 is 11.8. The quantitative estimate of drug-likeness (QED) is 0.135. The number of halogens is 5. The number of rotatable bonds is 8. The molecule has 0 aromatic heterocycles. The van der Waals surface area contributed by atoms with Gasteiger partial charge in [0.2, 0.25) is 0 Å². The number of hydrogen-bond donors (Lipinski definition) is 4. The van der Waals surface area contributed by atoms with Crippen molar-refractivity contribution in [1.29, 1.82) is 0 Å². The van der Waals surface area contributed by atoms with Gasteiger partial charge in [-0.25, -0.2) is 5.06 Å². The van der Waals surface area contributed by atoms with Crippen molar-refractivity contribution in [2.24, 2.45) is 0 Å². The summed E-state index contributed by atoms with van der Waals surface area (Å²) in [5.41, 5.74) is -1.98. The first-order valence-corrected chi connectivity index (χ1v) is 12.8. The van der Waals surface area contributed by atoms with Crippen molar-refractivity contribution in [2.45, 2.75) is 18.3 Å². The number of hydroxylamine groups is 2. The summed E-state index contributed by atoms with van der Waals surface area (Å²) < 4.78 is 51.2. The van der Waals surface area contributed by atoms with E-state index in [2.05, 4.69) is 5.32 Å². The molecule has 13 heteroatoms. The molecule has 3 aromatic rings. The normalized spacial score (nSPS) is 12.8. The minimum Gasteiger partial charge on any atom is -0.355 e. The Morgan fingerprint density at radius 1 is 1.00 bits per heavy atom. The van der Waals surface area contributed by atoms with E-state index in [1.807, 2.05) is 0 Å². The highest BCUT2D eigenvalue weighted by molar-refractivity contribution is 7.52. The number of nitrogens with one attached hydrogen (secondary N) is 1. The number of hydrogen-bond acceptors (Lipinski definition) is 4. The molecule has 0 aliphatic heterocycles. The monoisotopic (exact) mass is 562 g/mol. The highest BCUT2D eigenvalue weighted by Crippen LogP contribution is 2.54. The van der Waals surface area contributed by atoms with Crippen LogP contribution in [0.25, 0.3) is 0 Å². The first-order chi connectivity index (χ1) is 16.8. The van der Waals surface area contributed by atoms with Crippen LogP contribution < -0.4 is 5.32 Å². The molecule has 0 spiro atoms. The lowest BCUT2D eigenvalue weighted by atomic mass is 10.1. The molecular formula is C23H20Cl2F3N2O5P. The third-order valence-corrected chi connectivity index (χ3v) is 7.32. The van der Waals surface area contributed by atoms with Crippen LogP contribution in [0.3, 0.4) is 0 Å². The molecule has 3 rings (SSSR count). The number of anilines is 2. The Kier molecular flexibility index (Phi) is 8.71. The molecule has 0 heterocycles. The summed E-state index contributed by atoms with van der Waals surface area (Å²) in [7, 11) is -4.72. The van der Waals surface area contributed by atoms with Crippen LogP contribution in [-0.4, -0.2) is 32.5 Å². The van der Waals surface area contributed by atoms with Gasteiger partial charge < -0.3 is 15.1 Å². The molecule has 4 N–H and O–H groups in total. The van der Waals surface area contributed by atoms with Crippen molar-refractivity contribution < 1.29 is 37.5 Å². The Morgan fingerprint density at radius 3 is 2.33 bits per heavy atom. The van der Waals surface area contributed by atoms with E-state index in [1.165, 1.54) is 48.5 Å². The molecular weight excluding hydrogens is 543 g/mol. The van der Waals surface area contributed by atoms with E-state index < -0.39 is 37.4 Å². The molecule has 7 nitrogen and oxygen atoms in total. The van der Waals surface area contributed by atoms with E-state index in [1.54, 1.807) is 6.07 Å². The topological polar surface area (TPSA) is 110 Å². The summed E-state index contributed by atoms with van der Waals surface area (Å²) in [4.78, 5) is 32.5. The van der Waals surface area contributed by atoms with Gasteiger partial charge in [-0.3, -0.25) is 14.6 Å². The van der Waals surface area contributed by atoms with Crippen LogP contribution in [0, 0.1) is 0 Å². The lowest BCUT2D eigenvalue weighted by Crippen LogP contribution is -2.30.